The number of rotatable bonds is 9. The van der Waals surface area contributed by atoms with E-state index in [1.165, 1.54) is 0 Å². The maximum absolute atomic E-state index is 5.14. The molecule has 0 saturated carbocycles. The van der Waals surface area contributed by atoms with Crippen molar-refractivity contribution in [3.8, 4) is 102 Å². The molecule has 8 heteroatoms. The second-order valence-corrected chi connectivity index (χ2v) is 14.1. The largest absolute Gasteiger partial charge is 0.255 e. The molecule has 5 aromatic heterocycles. The van der Waals surface area contributed by atoms with Crippen LogP contribution in [0.5, 0.6) is 0 Å². The van der Waals surface area contributed by atoms with E-state index in [1.807, 2.05) is 146 Å². The Kier molecular flexibility index (Phi) is 9.75. The highest BCUT2D eigenvalue weighted by atomic mass is 15.0. The molecule has 0 fully saturated rings. The Morgan fingerprint density at radius 2 is 0.633 bits per heavy atom. The normalized spacial score (nSPS) is 11.0. The van der Waals surface area contributed by atoms with Gasteiger partial charge in [-0.05, 0) is 59.7 Å². The maximum Gasteiger partial charge on any atom is 0.164 e. The van der Waals surface area contributed by atoms with Gasteiger partial charge in [0, 0.05) is 45.8 Å². The van der Waals surface area contributed by atoms with E-state index in [0.29, 0.717) is 40.4 Å². The first kappa shape index (κ1) is 36.0. The highest BCUT2D eigenvalue weighted by Crippen LogP contribution is 2.34. The lowest BCUT2D eigenvalue weighted by atomic mass is 10.00. The minimum atomic E-state index is 0.575. The van der Waals surface area contributed by atoms with Gasteiger partial charge in [-0.25, -0.2) is 29.9 Å². The molecule has 0 spiro atoms. The van der Waals surface area contributed by atoms with Crippen LogP contribution in [-0.2, 0) is 0 Å². The Balaban J connectivity index is 1.09. The predicted molar refractivity (Wildman–Crippen MR) is 238 cm³/mol. The van der Waals surface area contributed by atoms with Crippen molar-refractivity contribution in [2.45, 2.75) is 0 Å². The van der Waals surface area contributed by atoms with Crippen LogP contribution < -0.4 is 0 Å². The molecule has 0 amide bonds. The molecule has 0 aliphatic rings. The number of pyridine rings is 3. The highest BCUT2D eigenvalue weighted by Gasteiger charge is 2.17. The molecular weight excluding hydrogens is 737 g/mol. The molecule has 0 aliphatic heterocycles. The Morgan fingerprint density at radius 1 is 0.200 bits per heavy atom. The van der Waals surface area contributed by atoms with Crippen LogP contribution >= 0.6 is 0 Å². The molecule has 0 aliphatic carbocycles. The second-order valence-electron chi connectivity index (χ2n) is 14.1. The maximum atomic E-state index is 5.14. The first-order valence-corrected chi connectivity index (χ1v) is 19.6. The van der Waals surface area contributed by atoms with Gasteiger partial charge in [0.05, 0.1) is 34.2 Å². The van der Waals surface area contributed by atoms with Crippen LogP contribution in [-0.4, -0.2) is 39.9 Å². The van der Waals surface area contributed by atoms with Gasteiger partial charge >= 0.3 is 0 Å². The zero-order valence-corrected chi connectivity index (χ0v) is 32.2. The second kappa shape index (κ2) is 16.2. The predicted octanol–water partition coefficient (Wildman–Crippen LogP) is 11.8. The standard InChI is InChI=1S/C52H34N8/c1-5-16-35(17-6-1)44-34-45(36-18-7-2-8-19-36)57-51(56-44)41-27-29-54-46(31-41)48-33-42(32-47(55-48)43-26-13-14-28-53-43)39-24-15-25-40(30-39)52-59-49(37-20-9-3-10-21-37)58-50(60-52)38-22-11-4-12-23-38/h1-34H. The van der Waals surface area contributed by atoms with Crippen molar-refractivity contribution >= 4 is 0 Å². The summed E-state index contributed by atoms with van der Waals surface area (Å²) in [5.41, 5.74) is 11.9. The molecule has 60 heavy (non-hydrogen) atoms. The van der Waals surface area contributed by atoms with E-state index < -0.39 is 0 Å². The molecule has 8 nitrogen and oxygen atoms in total. The highest BCUT2D eigenvalue weighted by molar-refractivity contribution is 5.79. The Morgan fingerprint density at radius 3 is 1.20 bits per heavy atom. The van der Waals surface area contributed by atoms with Crippen molar-refractivity contribution in [2.75, 3.05) is 0 Å². The fraction of sp³-hybridized carbons (Fsp3) is 0. The van der Waals surface area contributed by atoms with Crippen LogP contribution in [0.25, 0.3) is 102 Å². The summed E-state index contributed by atoms with van der Waals surface area (Å²) in [5, 5.41) is 0. The molecule has 5 heterocycles. The Hall–Kier alpha value is -8.36. The Bertz CT molecular complexity index is 2770. The zero-order chi connectivity index (χ0) is 40.1. The summed E-state index contributed by atoms with van der Waals surface area (Å²) in [6.45, 7) is 0. The topological polar surface area (TPSA) is 103 Å². The van der Waals surface area contributed by atoms with Gasteiger partial charge in [-0.3, -0.25) is 9.97 Å². The lowest BCUT2D eigenvalue weighted by molar-refractivity contribution is 1.07. The first-order chi connectivity index (χ1) is 29.7. The molecule has 0 saturated heterocycles. The number of nitrogens with zero attached hydrogens (tertiary/aromatic N) is 8. The van der Waals surface area contributed by atoms with E-state index in [2.05, 4.69) is 53.5 Å². The van der Waals surface area contributed by atoms with Crippen LogP contribution in [0.15, 0.2) is 207 Å². The minimum Gasteiger partial charge on any atom is -0.255 e. The van der Waals surface area contributed by atoms with Gasteiger partial charge in [-0.15, -0.1) is 0 Å². The monoisotopic (exact) mass is 770 g/mol. The van der Waals surface area contributed by atoms with Gasteiger partial charge in [0.25, 0.3) is 0 Å². The van der Waals surface area contributed by atoms with E-state index in [4.69, 9.17) is 34.9 Å². The van der Waals surface area contributed by atoms with Gasteiger partial charge in [0.1, 0.15) is 0 Å². The Labute approximate surface area is 347 Å². The van der Waals surface area contributed by atoms with Crippen molar-refractivity contribution in [3.05, 3.63) is 207 Å². The molecule has 0 atom stereocenters. The van der Waals surface area contributed by atoms with Crippen molar-refractivity contribution in [3.63, 3.8) is 0 Å². The molecule has 0 N–H and O–H groups in total. The van der Waals surface area contributed by atoms with Gasteiger partial charge in [-0.2, -0.15) is 0 Å². The number of hydrogen-bond donors (Lipinski definition) is 0. The van der Waals surface area contributed by atoms with Crippen molar-refractivity contribution < 1.29 is 0 Å². The third kappa shape index (κ3) is 7.68. The van der Waals surface area contributed by atoms with Gasteiger partial charge in [0.2, 0.25) is 0 Å². The molecule has 0 unspecified atom stereocenters. The van der Waals surface area contributed by atoms with Crippen LogP contribution in [0.1, 0.15) is 0 Å². The van der Waals surface area contributed by atoms with Gasteiger partial charge in [-0.1, -0.05) is 146 Å². The van der Waals surface area contributed by atoms with Crippen LogP contribution in [0.2, 0.25) is 0 Å². The summed E-state index contributed by atoms with van der Waals surface area (Å²) in [6.07, 6.45) is 3.57. The number of benzene rings is 5. The summed E-state index contributed by atoms with van der Waals surface area (Å²) in [4.78, 5) is 39.7. The summed E-state index contributed by atoms with van der Waals surface area (Å²) >= 11 is 0. The minimum absolute atomic E-state index is 0.575. The van der Waals surface area contributed by atoms with E-state index in [9.17, 15) is 0 Å². The molecule has 0 bridgehead atoms. The number of aromatic nitrogens is 8. The van der Waals surface area contributed by atoms with Gasteiger partial charge < -0.3 is 0 Å². The average molecular weight is 771 g/mol. The number of hydrogen-bond acceptors (Lipinski definition) is 8. The smallest absolute Gasteiger partial charge is 0.164 e. The first-order valence-electron chi connectivity index (χ1n) is 19.6. The fourth-order valence-corrected chi connectivity index (χ4v) is 7.05. The van der Waals surface area contributed by atoms with E-state index >= 15 is 0 Å². The summed E-state index contributed by atoms with van der Waals surface area (Å²) < 4.78 is 0. The summed E-state index contributed by atoms with van der Waals surface area (Å²) in [5.74, 6) is 2.38. The lowest BCUT2D eigenvalue weighted by Crippen LogP contribution is -2.00. The van der Waals surface area contributed by atoms with E-state index in [1.54, 1.807) is 12.4 Å². The zero-order valence-electron chi connectivity index (χ0n) is 32.2. The quantitative estimate of drug-likeness (QED) is 0.143. The SMILES string of the molecule is c1ccc(-c2cc(-c3ccccc3)nc(-c3ccnc(-c4cc(-c5cccc(-c6nc(-c7ccccc7)nc(-c7ccccc7)n6)c5)cc(-c5ccccn5)n4)c3)n2)cc1. The molecule has 10 aromatic rings. The van der Waals surface area contributed by atoms with Crippen molar-refractivity contribution in [1.29, 1.82) is 0 Å². The van der Waals surface area contributed by atoms with Crippen molar-refractivity contribution in [2.24, 2.45) is 0 Å². The van der Waals surface area contributed by atoms with E-state index in [-0.39, 0.29) is 0 Å². The molecule has 5 aromatic carbocycles. The van der Waals surface area contributed by atoms with Crippen LogP contribution in [0, 0.1) is 0 Å². The molecule has 0 radical (unpaired) electrons. The molecular formula is C52H34N8. The average Bonchev–Trinajstić information content (AvgIpc) is 3.35. The third-order valence-corrected chi connectivity index (χ3v) is 10.1. The summed E-state index contributed by atoms with van der Waals surface area (Å²) in [6, 6.07) is 64.5. The molecule has 282 valence electrons. The van der Waals surface area contributed by atoms with E-state index in [0.717, 1.165) is 61.6 Å². The lowest BCUT2D eigenvalue weighted by Gasteiger charge is -2.12. The van der Waals surface area contributed by atoms with Crippen LogP contribution in [0.3, 0.4) is 0 Å². The van der Waals surface area contributed by atoms with Gasteiger partial charge in [0.15, 0.2) is 23.3 Å². The van der Waals surface area contributed by atoms with Crippen molar-refractivity contribution in [1.82, 2.24) is 39.9 Å². The van der Waals surface area contributed by atoms with Crippen LogP contribution in [0.4, 0.5) is 0 Å². The molecule has 10 rings (SSSR count). The fourth-order valence-electron chi connectivity index (χ4n) is 7.05. The third-order valence-electron chi connectivity index (χ3n) is 10.1. The summed E-state index contributed by atoms with van der Waals surface area (Å²) in [7, 11) is 0.